The van der Waals surface area contributed by atoms with Crippen LogP contribution in [0.1, 0.15) is 41.6 Å². The first-order chi connectivity index (χ1) is 12.5. The van der Waals surface area contributed by atoms with Crippen LogP contribution in [0.4, 0.5) is 0 Å². The second-order valence-corrected chi connectivity index (χ2v) is 7.48. The first-order valence-corrected chi connectivity index (χ1v) is 9.41. The lowest BCUT2D eigenvalue weighted by Crippen LogP contribution is -2.04. The van der Waals surface area contributed by atoms with E-state index in [4.69, 9.17) is 4.74 Å². The summed E-state index contributed by atoms with van der Waals surface area (Å²) in [7, 11) is 0. The molecule has 5 nitrogen and oxygen atoms in total. The molecule has 3 aromatic rings. The minimum Gasteiger partial charge on any atom is -0.494 e. The van der Waals surface area contributed by atoms with Gasteiger partial charge in [0, 0.05) is 24.2 Å². The SMILES string of the molecule is CC(C)c1cccc(CCOc2ccc(Cc3sc(=O)[nH]c3O)cc2)n1. The van der Waals surface area contributed by atoms with E-state index in [0.29, 0.717) is 23.8 Å². The molecule has 2 heterocycles. The number of aromatic hydroxyl groups is 1. The average molecular weight is 370 g/mol. The minimum atomic E-state index is -0.243. The van der Waals surface area contributed by atoms with E-state index in [9.17, 15) is 9.90 Å². The predicted octanol–water partition coefficient (Wildman–Crippen LogP) is 3.87. The number of aromatic nitrogens is 2. The number of nitrogens with zero attached hydrogens (tertiary/aromatic N) is 1. The van der Waals surface area contributed by atoms with Gasteiger partial charge in [0.15, 0.2) is 0 Å². The highest BCUT2D eigenvalue weighted by Gasteiger charge is 2.08. The van der Waals surface area contributed by atoms with Gasteiger partial charge in [-0.3, -0.25) is 14.8 Å². The summed E-state index contributed by atoms with van der Waals surface area (Å²) in [6.45, 7) is 4.83. The number of thiazole rings is 1. The van der Waals surface area contributed by atoms with Gasteiger partial charge in [-0.2, -0.15) is 0 Å². The molecule has 0 unspecified atom stereocenters. The van der Waals surface area contributed by atoms with E-state index in [0.717, 1.165) is 40.5 Å². The summed E-state index contributed by atoms with van der Waals surface area (Å²) < 4.78 is 5.80. The van der Waals surface area contributed by atoms with Crippen molar-refractivity contribution in [2.75, 3.05) is 6.61 Å². The van der Waals surface area contributed by atoms with Gasteiger partial charge in [0.25, 0.3) is 0 Å². The quantitative estimate of drug-likeness (QED) is 0.662. The Morgan fingerprint density at radius 2 is 1.96 bits per heavy atom. The van der Waals surface area contributed by atoms with Crippen molar-refractivity contribution in [3.63, 3.8) is 0 Å². The molecule has 2 aromatic heterocycles. The molecule has 2 N–H and O–H groups in total. The molecular weight excluding hydrogens is 348 g/mol. The van der Waals surface area contributed by atoms with Crippen molar-refractivity contribution in [2.24, 2.45) is 0 Å². The number of ether oxygens (including phenoxy) is 1. The van der Waals surface area contributed by atoms with Gasteiger partial charge in [0.05, 0.1) is 11.5 Å². The van der Waals surface area contributed by atoms with Gasteiger partial charge in [-0.1, -0.05) is 43.4 Å². The first kappa shape index (κ1) is 18.2. The highest BCUT2D eigenvalue weighted by atomic mass is 32.1. The fourth-order valence-electron chi connectivity index (χ4n) is 2.59. The number of hydrogen-bond donors (Lipinski definition) is 2. The van der Waals surface area contributed by atoms with Gasteiger partial charge in [0.2, 0.25) is 5.88 Å². The normalized spacial score (nSPS) is 11.0. The van der Waals surface area contributed by atoms with E-state index in [-0.39, 0.29) is 10.8 Å². The molecule has 3 rings (SSSR count). The molecule has 1 aromatic carbocycles. The summed E-state index contributed by atoms with van der Waals surface area (Å²) >= 11 is 1.03. The lowest BCUT2D eigenvalue weighted by molar-refractivity contribution is 0.320. The highest BCUT2D eigenvalue weighted by molar-refractivity contribution is 7.09. The Bertz CT molecular complexity index is 913. The second kappa shape index (κ2) is 8.19. The first-order valence-electron chi connectivity index (χ1n) is 8.60. The number of H-pyrrole nitrogens is 1. The maximum Gasteiger partial charge on any atom is 0.307 e. The number of benzene rings is 1. The number of pyridine rings is 1. The van der Waals surface area contributed by atoms with Crippen LogP contribution in [0, 0.1) is 0 Å². The topological polar surface area (TPSA) is 75.2 Å². The Hall–Kier alpha value is -2.60. The van der Waals surface area contributed by atoms with E-state index in [1.165, 1.54) is 0 Å². The van der Waals surface area contributed by atoms with Crippen LogP contribution >= 0.6 is 11.3 Å². The summed E-state index contributed by atoms with van der Waals surface area (Å²) in [5, 5.41) is 9.65. The zero-order valence-electron chi connectivity index (χ0n) is 14.9. The Balaban J connectivity index is 1.54. The Morgan fingerprint density at radius 1 is 1.19 bits per heavy atom. The zero-order valence-corrected chi connectivity index (χ0v) is 15.7. The molecule has 0 radical (unpaired) electrons. The smallest absolute Gasteiger partial charge is 0.307 e. The fraction of sp³-hybridized carbons (Fsp3) is 0.300. The van der Waals surface area contributed by atoms with Crippen LogP contribution in [-0.2, 0) is 12.8 Å². The van der Waals surface area contributed by atoms with Gasteiger partial charge in [-0.25, -0.2) is 0 Å². The van der Waals surface area contributed by atoms with Crippen molar-refractivity contribution in [3.8, 4) is 11.6 Å². The molecule has 0 aliphatic heterocycles. The van der Waals surface area contributed by atoms with Crippen LogP contribution < -0.4 is 9.61 Å². The van der Waals surface area contributed by atoms with Crippen molar-refractivity contribution in [2.45, 2.75) is 32.6 Å². The summed E-state index contributed by atoms with van der Waals surface area (Å²) in [5.41, 5.74) is 3.14. The molecule has 6 heteroatoms. The molecule has 0 spiro atoms. The Labute approximate surface area is 156 Å². The van der Waals surface area contributed by atoms with Crippen LogP contribution in [0.3, 0.4) is 0 Å². The maximum atomic E-state index is 11.2. The molecular formula is C20H22N2O3S. The number of aromatic amines is 1. The number of rotatable bonds is 7. The molecule has 0 amide bonds. The molecule has 0 saturated carbocycles. The third-order valence-corrected chi connectivity index (χ3v) is 4.91. The van der Waals surface area contributed by atoms with Crippen molar-refractivity contribution < 1.29 is 9.84 Å². The Morgan fingerprint density at radius 3 is 2.62 bits per heavy atom. The van der Waals surface area contributed by atoms with E-state index in [1.54, 1.807) is 0 Å². The van der Waals surface area contributed by atoms with Crippen LogP contribution in [0.25, 0.3) is 0 Å². The summed E-state index contributed by atoms with van der Waals surface area (Å²) in [5.74, 6) is 1.16. The Kier molecular flexibility index (Phi) is 5.73. The van der Waals surface area contributed by atoms with E-state index >= 15 is 0 Å². The van der Waals surface area contributed by atoms with Gasteiger partial charge in [-0.15, -0.1) is 0 Å². The van der Waals surface area contributed by atoms with Crippen molar-refractivity contribution in [3.05, 3.63) is 74.0 Å². The molecule has 0 fully saturated rings. The molecule has 0 saturated heterocycles. The van der Waals surface area contributed by atoms with Crippen molar-refractivity contribution >= 4 is 11.3 Å². The second-order valence-electron chi connectivity index (χ2n) is 6.41. The minimum absolute atomic E-state index is 0.0449. The summed E-state index contributed by atoms with van der Waals surface area (Å²) in [6.07, 6.45) is 1.27. The van der Waals surface area contributed by atoms with Gasteiger partial charge >= 0.3 is 4.87 Å². The molecule has 0 aliphatic carbocycles. The fourth-order valence-corrected chi connectivity index (χ4v) is 3.35. The van der Waals surface area contributed by atoms with Crippen molar-refractivity contribution in [1.29, 1.82) is 0 Å². The predicted molar refractivity (Wildman–Crippen MR) is 103 cm³/mol. The van der Waals surface area contributed by atoms with E-state index < -0.39 is 0 Å². The number of hydrogen-bond acceptors (Lipinski definition) is 5. The largest absolute Gasteiger partial charge is 0.494 e. The van der Waals surface area contributed by atoms with Crippen molar-refractivity contribution in [1.82, 2.24) is 9.97 Å². The molecule has 136 valence electrons. The third-order valence-electron chi connectivity index (χ3n) is 4.04. The summed E-state index contributed by atoms with van der Waals surface area (Å²) in [4.78, 5) is 18.6. The van der Waals surface area contributed by atoms with Gasteiger partial charge < -0.3 is 9.84 Å². The maximum absolute atomic E-state index is 11.2. The van der Waals surface area contributed by atoms with E-state index in [1.807, 2.05) is 42.5 Å². The monoisotopic (exact) mass is 370 g/mol. The standard InChI is InChI=1S/C20H22N2O3S/c1-13(2)17-5-3-4-15(21-17)10-11-25-16-8-6-14(7-9-16)12-18-19(23)22-20(24)26-18/h3-9,13,23H,10-12H2,1-2H3,(H,22,24). The average Bonchev–Trinajstić information content (AvgIpc) is 2.94. The molecule has 0 aliphatic rings. The summed E-state index contributed by atoms with van der Waals surface area (Å²) in [6, 6.07) is 13.8. The lowest BCUT2D eigenvalue weighted by atomic mass is 10.1. The highest BCUT2D eigenvalue weighted by Crippen LogP contribution is 2.22. The zero-order chi connectivity index (χ0) is 18.5. The van der Waals surface area contributed by atoms with Gasteiger partial charge in [0.1, 0.15) is 5.75 Å². The van der Waals surface area contributed by atoms with Crippen LogP contribution in [-0.4, -0.2) is 21.7 Å². The van der Waals surface area contributed by atoms with Crippen LogP contribution in [0.15, 0.2) is 47.3 Å². The lowest BCUT2D eigenvalue weighted by Gasteiger charge is -2.09. The number of nitrogens with one attached hydrogen (secondary N) is 1. The van der Waals surface area contributed by atoms with Gasteiger partial charge in [-0.05, 0) is 35.7 Å². The third kappa shape index (κ3) is 4.73. The molecule has 0 atom stereocenters. The van der Waals surface area contributed by atoms with Crippen LogP contribution in [0.2, 0.25) is 0 Å². The van der Waals surface area contributed by atoms with Crippen LogP contribution in [0.5, 0.6) is 11.6 Å². The molecule has 0 bridgehead atoms. The molecule has 26 heavy (non-hydrogen) atoms. The van der Waals surface area contributed by atoms with E-state index in [2.05, 4.69) is 23.8 Å².